The highest BCUT2D eigenvalue weighted by atomic mass is 19.1. The third-order valence-electron chi connectivity index (χ3n) is 9.02. The van der Waals surface area contributed by atoms with Gasteiger partial charge in [-0.2, -0.15) is 5.10 Å². The molecule has 44 heavy (non-hydrogen) atoms. The van der Waals surface area contributed by atoms with Gasteiger partial charge in [0.1, 0.15) is 24.4 Å². The number of alkyl halides is 2. The summed E-state index contributed by atoms with van der Waals surface area (Å²) in [5.74, 6) is -0.857. The maximum absolute atomic E-state index is 14.8. The molecule has 0 spiro atoms. The van der Waals surface area contributed by atoms with Gasteiger partial charge in [0, 0.05) is 34.5 Å². The van der Waals surface area contributed by atoms with Crippen LogP contribution in [-0.2, 0) is 16.0 Å². The van der Waals surface area contributed by atoms with Crippen LogP contribution in [0.5, 0.6) is 0 Å². The average molecular weight is 598 g/mol. The lowest BCUT2D eigenvalue weighted by Crippen LogP contribution is -2.50. The number of benzene rings is 2. The lowest BCUT2D eigenvalue weighted by molar-refractivity contribution is -0.131. The predicted octanol–water partition coefficient (Wildman–Crippen LogP) is 4.96. The Bertz CT molecular complexity index is 1730. The summed E-state index contributed by atoms with van der Waals surface area (Å²) in [6.45, 7) is 4.50. The van der Waals surface area contributed by atoms with Crippen molar-refractivity contribution in [2.45, 2.75) is 63.3 Å². The van der Waals surface area contributed by atoms with E-state index in [0.717, 1.165) is 45.6 Å². The van der Waals surface area contributed by atoms with E-state index in [1.54, 1.807) is 0 Å². The summed E-state index contributed by atoms with van der Waals surface area (Å²) in [5.41, 5.74) is 5.95. The van der Waals surface area contributed by atoms with Gasteiger partial charge >= 0.3 is 0 Å². The molecule has 0 radical (unpaired) electrons. The first-order chi connectivity index (χ1) is 21.2. The van der Waals surface area contributed by atoms with Crippen LogP contribution in [0.25, 0.3) is 22.4 Å². The first-order valence-electron chi connectivity index (χ1n) is 15.0. The van der Waals surface area contributed by atoms with Gasteiger partial charge in [-0.3, -0.25) is 14.7 Å². The SMILES string of the molecule is Cc1n[nH]c(C)c1-c1ccc(NC(=O)[C@@H](NC(=O)C2(F)CC2)[C@@H]2CCc3ccc(-c4cc(N5CC(F)C5)ncn4)cc32)cc1. The van der Waals surface area contributed by atoms with Gasteiger partial charge in [-0.05, 0) is 74.4 Å². The van der Waals surface area contributed by atoms with Crippen LogP contribution in [0.3, 0.4) is 0 Å². The number of carbonyl (C=O) groups excluding carboxylic acids is 2. The van der Waals surface area contributed by atoms with Crippen molar-refractivity contribution in [2.75, 3.05) is 23.3 Å². The molecule has 0 unspecified atom stereocenters. The molecule has 2 fully saturated rings. The van der Waals surface area contributed by atoms with Crippen LogP contribution in [0.1, 0.15) is 47.7 Å². The van der Waals surface area contributed by atoms with Gasteiger partial charge in [0.15, 0.2) is 5.67 Å². The van der Waals surface area contributed by atoms with E-state index in [2.05, 4.69) is 30.8 Å². The Morgan fingerprint density at radius 3 is 2.48 bits per heavy atom. The van der Waals surface area contributed by atoms with Crippen molar-refractivity contribution in [1.29, 1.82) is 0 Å². The molecule has 2 amide bonds. The molecular formula is C33H33F2N7O2. The van der Waals surface area contributed by atoms with Gasteiger partial charge in [0.25, 0.3) is 5.91 Å². The molecule has 4 aromatic rings. The van der Waals surface area contributed by atoms with Crippen molar-refractivity contribution < 1.29 is 18.4 Å². The number of nitrogens with one attached hydrogen (secondary N) is 3. The molecule has 226 valence electrons. The summed E-state index contributed by atoms with van der Waals surface area (Å²) in [4.78, 5) is 37.4. The molecule has 9 nitrogen and oxygen atoms in total. The number of aryl methyl sites for hydroxylation is 3. The average Bonchev–Trinajstić information content (AvgIpc) is 3.49. The van der Waals surface area contributed by atoms with Crippen molar-refractivity contribution in [3.8, 4) is 22.4 Å². The van der Waals surface area contributed by atoms with Crippen molar-refractivity contribution in [3.05, 3.63) is 77.4 Å². The van der Waals surface area contributed by atoms with E-state index in [9.17, 15) is 18.4 Å². The van der Waals surface area contributed by atoms with Crippen molar-refractivity contribution in [2.24, 2.45) is 0 Å². The van der Waals surface area contributed by atoms with Crippen molar-refractivity contribution in [1.82, 2.24) is 25.5 Å². The highest BCUT2D eigenvalue weighted by Gasteiger charge is 2.52. The summed E-state index contributed by atoms with van der Waals surface area (Å²) in [6.07, 6.45) is 2.27. The fourth-order valence-electron chi connectivity index (χ4n) is 6.30. The highest BCUT2D eigenvalue weighted by molar-refractivity contribution is 6.00. The quantitative estimate of drug-likeness (QED) is 0.264. The summed E-state index contributed by atoms with van der Waals surface area (Å²) in [5, 5.41) is 13.0. The Hall–Kier alpha value is -4.67. The van der Waals surface area contributed by atoms with Gasteiger partial charge in [0.05, 0.1) is 24.5 Å². The van der Waals surface area contributed by atoms with E-state index < -0.39 is 29.7 Å². The topological polar surface area (TPSA) is 116 Å². The predicted molar refractivity (Wildman–Crippen MR) is 163 cm³/mol. The Labute approximate surface area is 253 Å². The molecular weight excluding hydrogens is 564 g/mol. The maximum Gasteiger partial charge on any atom is 0.258 e. The Morgan fingerprint density at radius 1 is 1.05 bits per heavy atom. The fraction of sp³-hybridized carbons (Fsp3) is 0.364. The lowest BCUT2D eigenvalue weighted by Gasteiger charge is -2.35. The zero-order valence-electron chi connectivity index (χ0n) is 24.5. The second kappa shape index (κ2) is 10.8. The summed E-state index contributed by atoms with van der Waals surface area (Å²) < 4.78 is 28.3. The number of aromatic nitrogens is 4. The molecule has 11 heteroatoms. The molecule has 2 atom stereocenters. The van der Waals surface area contributed by atoms with E-state index in [4.69, 9.17) is 0 Å². The summed E-state index contributed by atoms with van der Waals surface area (Å²) in [7, 11) is 0. The van der Waals surface area contributed by atoms with Gasteiger partial charge in [-0.25, -0.2) is 18.7 Å². The summed E-state index contributed by atoms with van der Waals surface area (Å²) >= 11 is 0. The molecule has 2 aromatic heterocycles. The number of fused-ring (bicyclic) bond motifs is 1. The third-order valence-corrected chi connectivity index (χ3v) is 9.02. The molecule has 2 aliphatic carbocycles. The number of aromatic amines is 1. The molecule has 1 saturated carbocycles. The minimum Gasteiger partial charge on any atom is -0.351 e. The van der Waals surface area contributed by atoms with Crippen LogP contribution in [0, 0.1) is 13.8 Å². The lowest BCUT2D eigenvalue weighted by atomic mass is 9.90. The zero-order valence-corrected chi connectivity index (χ0v) is 24.5. The molecule has 0 bridgehead atoms. The Morgan fingerprint density at radius 2 is 1.80 bits per heavy atom. The van der Waals surface area contributed by atoms with Crippen molar-refractivity contribution >= 4 is 23.3 Å². The normalized spacial score (nSPS) is 19.2. The van der Waals surface area contributed by atoms with E-state index in [1.165, 1.54) is 6.33 Å². The number of nitrogens with zero attached hydrogens (tertiary/aromatic N) is 4. The molecule has 7 rings (SSSR count). The second-order valence-electron chi connectivity index (χ2n) is 12.1. The van der Waals surface area contributed by atoms with E-state index >= 15 is 0 Å². The van der Waals surface area contributed by atoms with Crippen LogP contribution in [0.15, 0.2) is 54.9 Å². The Balaban J connectivity index is 1.16. The van der Waals surface area contributed by atoms with Gasteiger partial charge in [-0.1, -0.05) is 24.3 Å². The standard InChI is InChI=1S/C33H33F2N7O2/c1-18-29(19(2)41-40-18)21-5-8-24(9-6-21)38-31(43)30(39-32(44)33(35)11-12-33)25-10-7-20-3-4-22(13-26(20)25)27-14-28(37-17-36-27)42-15-23(34)16-42/h3-6,8-9,13-14,17,23,25,30H,7,10-12,15-16H2,1-2H3,(H,38,43)(H,39,44)(H,40,41)/t25-,30+/m1/s1. The maximum atomic E-state index is 14.8. The minimum absolute atomic E-state index is 0.156. The van der Waals surface area contributed by atoms with Crippen LogP contribution in [0.2, 0.25) is 0 Å². The number of H-pyrrole nitrogens is 1. The number of halogens is 2. The van der Waals surface area contributed by atoms with Crippen molar-refractivity contribution in [3.63, 3.8) is 0 Å². The molecule has 2 aromatic carbocycles. The van der Waals surface area contributed by atoms with E-state index in [1.807, 2.05) is 67.3 Å². The first kappa shape index (κ1) is 28.1. The first-order valence-corrected chi connectivity index (χ1v) is 15.0. The smallest absolute Gasteiger partial charge is 0.258 e. The minimum atomic E-state index is -1.92. The highest BCUT2D eigenvalue weighted by Crippen LogP contribution is 2.42. The number of anilines is 2. The summed E-state index contributed by atoms with van der Waals surface area (Å²) in [6, 6.07) is 14.3. The van der Waals surface area contributed by atoms with Gasteiger partial charge < -0.3 is 15.5 Å². The zero-order chi connectivity index (χ0) is 30.6. The Kier molecular flexibility index (Phi) is 6.90. The molecule has 1 saturated heterocycles. The number of hydrogen-bond acceptors (Lipinski definition) is 6. The van der Waals surface area contributed by atoms with Crippen LogP contribution >= 0.6 is 0 Å². The fourth-order valence-corrected chi connectivity index (χ4v) is 6.30. The van der Waals surface area contributed by atoms with Crippen LogP contribution in [-0.4, -0.2) is 63.0 Å². The van der Waals surface area contributed by atoms with Crippen LogP contribution in [0.4, 0.5) is 20.3 Å². The molecule has 3 N–H and O–H groups in total. The molecule has 1 aliphatic heterocycles. The van der Waals surface area contributed by atoms with Gasteiger partial charge in [0.2, 0.25) is 5.91 Å². The largest absolute Gasteiger partial charge is 0.351 e. The number of amides is 2. The van der Waals surface area contributed by atoms with Gasteiger partial charge in [-0.15, -0.1) is 0 Å². The number of carbonyl (C=O) groups is 2. The number of rotatable bonds is 8. The van der Waals surface area contributed by atoms with E-state index in [-0.39, 0.29) is 18.8 Å². The second-order valence-corrected chi connectivity index (χ2v) is 12.1. The molecule has 3 aliphatic rings. The molecule has 3 heterocycles. The van der Waals surface area contributed by atoms with Crippen LogP contribution < -0.4 is 15.5 Å². The van der Waals surface area contributed by atoms with E-state index in [0.29, 0.717) is 36.7 Å². The monoisotopic (exact) mass is 597 g/mol. The third kappa shape index (κ3) is 5.20. The number of hydrogen-bond donors (Lipinski definition) is 3.